The molecule has 7 nitrogen and oxygen atoms in total. The van der Waals surface area contributed by atoms with Crippen molar-refractivity contribution in [2.75, 3.05) is 4.90 Å². The molecule has 2 aromatic heterocycles. The summed E-state index contributed by atoms with van der Waals surface area (Å²) in [6.07, 6.45) is 1.31. The standard InChI is InChI=1S/C29H27F3N4O3S/c30-29(31,32)22-4-2-1-3-20(22)25-21(26(39-35-25)15-5-6-15)14-33-17-12-18-8-9-19(13-17)36(18)28-34-23-10-7-16(27(37)38)11-24(23)40-28/h1-4,7,10-11,15,17-19,33H,5-6,8-9,12-14H2,(H,37,38). The fraction of sp³-hybridized carbons (Fsp3) is 0.414. The average Bonchev–Trinajstić information content (AvgIpc) is 3.44. The Balaban J connectivity index is 1.10. The molecular formula is C29H27F3N4O3S. The summed E-state index contributed by atoms with van der Waals surface area (Å²) >= 11 is 1.53. The van der Waals surface area contributed by atoms with Gasteiger partial charge in [-0.2, -0.15) is 13.2 Å². The zero-order chi connectivity index (χ0) is 27.6. The van der Waals surface area contributed by atoms with Gasteiger partial charge in [-0.15, -0.1) is 0 Å². The lowest BCUT2D eigenvalue weighted by Gasteiger charge is -2.39. The molecular weight excluding hydrogens is 541 g/mol. The largest absolute Gasteiger partial charge is 0.478 e. The quantitative estimate of drug-likeness (QED) is 0.252. The number of alkyl halides is 3. The topological polar surface area (TPSA) is 91.5 Å². The number of halogens is 3. The third kappa shape index (κ3) is 4.54. The molecule has 0 radical (unpaired) electrons. The third-order valence-corrected chi connectivity index (χ3v) is 9.43. The molecule has 0 amide bonds. The molecule has 3 fully saturated rings. The lowest BCUT2D eigenvalue weighted by atomic mass is 9.96. The van der Waals surface area contributed by atoms with Crippen molar-refractivity contribution in [1.82, 2.24) is 15.5 Å². The van der Waals surface area contributed by atoms with Crippen molar-refractivity contribution in [2.24, 2.45) is 0 Å². The smallest absolute Gasteiger partial charge is 0.417 e. The first-order chi connectivity index (χ1) is 19.3. The second-order valence-electron chi connectivity index (χ2n) is 11.0. The highest BCUT2D eigenvalue weighted by Gasteiger charge is 2.43. The van der Waals surface area contributed by atoms with Crippen molar-refractivity contribution in [1.29, 1.82) is 0 Å². The van der Waals surface area contributed by atoms with Crippen LogP contribution in [0.2, 0.25) is 0 Å². The number of aromatic carboxylic acids is 1. The molecule has 2 unspecified atom stereocenters. The lowest BCUT2D eigenvalue weighted by molar-refractivity contribution is -0.137. The summed E-state index contributed by atoms with van der Waals surface area (Å²) in [4.78, 5) is 18.6. The monoisotopic (exact) mass is 568 g/mol. The van der Waals surface area contributed by atoms with E-state index in [1.165, 1.54) is 23.5 Å². The van der Waals surface area contributed by atoms with Crippen LogP contribution in [0.5, 0.6) is 0 Å². The second kappa shape index (κ2) is 9.59. The molecule has 2 bridgehead atoms. The van der Waals surface area contributed by atoms with Crippen LogP contribution >= 0.6 is 11.3 Å². The first kappa shape index (κ1) is 25.5. The Morgan fingerprint density at radius 3 is 2.55 bits per heavy atom. The SMILES string of the molecule is O=C(O)c1ccc2nc(N3C4CCC3CC(NCc3c(-c5ccccc5C(F)(F)F)noc3C3CC3)C4)sc2c1. The molecule has 1 aliphatic carbocycles. The summed E-state index contributed by atoms with van der Waals surface area (Å²) in [6.45, 7) is 0.403. The first-order valence-corrected chi connectivity index (χ1v) is 14.4. The molecule has 4 heterocycles. The lowest BCUT2D eigenvalue weighted by Crippen LogP contribution is -2.49. The molecule has 4 aromatic rings. The number of benzene rings is 2. The number of thiazole rings is 1. The molecule has 2 N–H and O–H groups in total. The number of aromatic nitrogens is 2. The van der Waals surface area contributed by atoms with Gasteiger partial charge in [0.15, 0.2) is 5.13 Å². The van der Waals surface area contributed by atoms with Gasteiger partial charge >= 0.3 is 12.1 Å². The summed E-state index contributed by atoms with van der Waals surface area (Å²) < 4.78 is 47.9. The van der Waals surface area contributed by atoms with E-state index in [1.807, 2.05) is 0 Å². The Hall–Kier alpha value is -3.44. The van der Waals surface area contributed by atoms with Crippen molar-refractivity contribution in [3.8, 4) is 11.3 Å². The minimum atomic E-state index is -4.48. The molecule has 2 saturated heterocycles. The van der Waals surface area contributed by atoms with Crippen LogP contribution in [0.15, 0.2) is 47.0 Å². The number of carboxylic acid groups (broad SMARTS) is 1. The van der Waals surface area contributed by atoms with Crippen molar-refractivity contribution in [2.45, 2.75) is 75.3 Å². The van der Waals surface area contributed by atoms with E-state index in [2.05, 4.69) is 15.4 Å². The third-order valence-electron chi connectivity index (χ3n) is 8.40. The van der Waals surface area contributed by atoms with Crippen LogP contribution in [0.3, 0.4) is 0 Å². The maximum Gasteiger partial charge on any atom is 0.417 e. The summed E-state index contributed by atoms with van der Waals surface area (Å²) in [6, 6.07) is 11.4. The summed E-state index contributed by atoms with van der Waals surface area (Å²) in [5, 5.41) is 18.0. The Morgan fingerprint density at radius 1 is 1.10 bits per heavy atom. The van der Waals surface area contributed by atoms with E-state index in [9.17, 15) is 23.1 Å². The molecule has 2 aromatic carbocycles. The zero-order valence-corrected chi connectivity index (χ0v) is 22.3. The number of hydrogen-bond acceptors (Lipinski definition) is 7. The maximum atomic E-state index is 13.8. The van der Waals surface area contributed by atoms with Crippen molar-refractivity contribution >= 4 is 32.7 Å². The molecule has 1 saturated carbocycles. The van der Waals surface area contributed by atoms with Crippen molar-refractivity contribution in [3.63, 3.8) is 0 Å². The Kier molecular flexibility index (Phi) is 6.12. The highest BCUT2D eigenvalue weighted by atomic mass is 32.1. The van der Waals surface area contributed by atoms with Crippen molar-refractivity contribution in [3.05, 3.63) is 64.9 Å². The normalized spacial score (nSPS) is 22.8. The number of rotatable bonds is 7. The van der Waals surface area contributed by atoms with Crippen LogP contribution in [-0.4, -0.2) is 39.3 Å². The number of piperidine rings is 1. The van der Waals surface area contributed by atoms with Gasteiger partial charge < -0.3 is 19.8 Å². The zero-order valence-electron chi connectivity index (χ0n) is 21.4. The van der Waals surface area contributed by atoms with Gasteiger partial charge in [-0.1, -0.05) is 34.7 Å². The van der Waals surface area contributed by atoms with Gasteiger partial charge in [-0.05, 0) is 62.8 Å². The fourth-order valence-corrected chi connectivity index (χ4v) is 7.51. The first-order valence-electron chi connectivity index (χ1n) is 13.6. The van der Waals surface area contributed by atoms with Crippen LogP contribution in [0.25, 0.3) is 21.5 Å². The van der Waals surface area contributed by atoms with E-state index in [0.717, 1.165) is 65.5 Å². The van der Waals surface area contributed by atoms with Crippen LogP contribution < -0.4 is 10.2 Å². The molecule has 7 rings (SSSR count). The van der Waals surface area contributed by atoms with Gasteiger partial charge in [-0.3, -0.25) is 0 Å². The molecule has 3 aliphatic rings. The highest BCUT2D eigenvalue weighted by molar-refractivity contribution is 7.22. The minimum Gasteiger partial charge on any atom is -0.478 e. The Bertz CT molecular complexity index is 1580. The van der Waals surface area contributed by atoms with Crippen LogP contribution in [-0.2, 0) is 12.7 Å². The molecule has 0 spiro atoms. The number of nitrogens with zero attached hydrogens (tertiary/aromatic N) is 3. The van der Waals surface area contributed by atoms with E-state index >= 15 is 0 Å². The predicted octanol–water partition coefficient (Wildman–Crippen LogP) is 6.84. The number of carboxylic acids is 1. The predicted molar refractivity (Wildman–Crippen MR) is 145 cm³/mol. The number of carbonyl (C=O) groups is 1. The number of anilines is 1. The molecule has 40 heavy (non-hydrogen) atoms. The van der Waals surface area contributed by atoms with Gasteiger partial charge in [0.2, 0.25) is 0 Å². The Morgan fingerprint density at radius 2 is 1.85 bits per heavy atom. The van der Waals surface area contributed by atoms with Gasteiger partial charge in [0.25, 0.3) is 0 Å². The summed E-state index contributed by atoms with van der Waals surface area (Å²) in [5.74, 6) is -0.0311. The van der Waals surface area contributed by atoms with E-state index in [-0.39, 0.29) is 28.8 Å². The van der Waals surface area contributed by atoms with Crippen LogP contribution in [0, 0.1) is 0 Å². The Labute approximate surface area is 232 Å². The summed E-state index contributed by atoms with van der Waals surface area (Å²) in [7, 11) is 0. The van der Waals surface area contributed by atoms with E-state index in [4.69, 9.17) is 9.51 Å². The summed E-state index contributed by atoms with van der Waals surface area (Å²) in [5.41, 5.74) is 1.41. The second-order valence-corrected chi connectivity index (χ2v) is 12.0. The van der Waals surface area contributed by atoms with Gasteiger partial charge in [0.1, 0.15) is 11.5 Å². The molecule has 208 valence electrons. The highest BCUT2D eigenvalue weighted by Crippen LogP contribution is 2.46. The molecule has 2 aliphatic heterocycles. The average molecular weight is 569 g/mol. The van der Waals surface area contributed by atoms with E-state index < -0.39 is 17.7 Å². The van der Waals surface area contributed by atoms with Gasteiger partial charge in [-0.25, -0.2) is 9.78 Å². The van der Waals surface area contributed by atoms with Gasteiger partial charge in [0.05, 0.1) is 21.3 Å². The molecule has 2 atom stereocenters. The van der Waals surface area contributed by atoms with Crippen LogP contribution in [0.1, 0.15) is 71.7 Å². The fourth-order valence-electron chi connectivity index (χ4n) is 6.37. The van der Waals surface area contributed by atoms with Gasteiger partial charge in [0, 0.05) is 41.7 Å². The number of hydrogen-bond donors (Lipinski definition) is 2. The minimum absolute atomic E-state index is 0.0548. The number of fused-ring (bicyclic) bond motifs is 3. The van der Waals surface area contributed by atoms with E-state index in [1.54, 1.807) is 24.3 Å². The van der Waals surface area contributed by atoms with Crippen LogP contribution in [0.4, 0.5) is 18.3 Å². The maximum absolute atomic E-state index is 13.8. The number of nitrogens with one attached hydrogen (secondary N) is 1. The van der Waals surface area contributed by atoms with E-state index in [0.29, 0.717) is 24.4 Å². The molecule has 11 heteroatoms. The van der Waals surface area contributed by atoms with Crippen molar-refractivity contribution < 1.29 is 27.6 Å².